The molecule has 0 amide bonds. The summed E-state index contributed by atoms with van der Waals surface area (Å²) >= 11 is 0. The fourth-order valence-corrected chi connectivity index (χ4v) is 1.66. The van der Waals surface area contributed by atoms with Crippen LogP contribution in [0.3, 0.4) is 0 Å². The summed E-state index contributed by atoms with van der Waals surface area (Å²) in [6.07, 6.45) is 1.20. The molecule has 0 saturated carbocycles. The Hall–Kier alpha value is -0.820. The molecule has 0 radical (unpaired) electrons. The molecular weight excluding hydrogens is 278 g/mol. The molecule has 6 nitrogen and oxygen atoms in total. The van der Waals surface area contributed by atoms with Gasteiger partial charge in [0.1, 0.15) is 9.84 Å². The zero-order valence-electron chi connectivity index (χ0n) is 13.3. The summed E-state index contributed by atoms with van der Waals surface area (Å²) < 4.78 is 27.1. The Labute approximate surface area is 123 Å². The molecule has 0 aliphatic heterocycles. The van der Waals surface area contributed by atoms with Gasteiger partial charge in [-0.3, -0.25) is 4.99 Å². The first-order valence-electron chi connectivity index (χ1n) is 7.06. The smallest absolute Gasteiger partial charge is 0.191 e. The van der Waals surface area contributed by atoms with Gasteiger partial charge in [-0.25, -0.2) is 8.42 Å². The van der Waals surface area contributed by atoms with E-state index < -0.39 is 9.84 Å². The standard InChI is InChI=1S/C13H29N3O3S/c1-6-14-13(16-12(4)11(2)3)15-7-8-19-9-10-20(5,17)18/h11-12H,6-10H2,1-5H3,(H2,14,15,16). The molecule has 20 heavy (non-hydrogen) atoms. The van der Waals surface area contributed by atoms with Crippen molar-refractivity contribution < 1.29 is 13.2 Å². The van der Waals surface area contributed by atoms with Gasteiger partial charge in [0.2, 0.25) is 0 Å². The Kier molecular flexibility index (Phi) is 9.58. The number of nitrogens with one attached hydrogen (secondary N) is 2. The molecule has 0 saturated heterocycles. The summed E-state index contributed by atoms with van der Waals surface area (Å²) in [5, 5.41) is 6.49. The highest BCUT2D eigenvalue weighted by atomic mass is 32.2. The molecule has 7 heteroatoms. The first-order chi connectivity index (χ1) is 9.26. The predicted octanol–water partition coefficient (Wildman–Crippen LogP) is 0.647. The van der Waals surface area contributed by atoms with E-state index in [1.165, 1.54) is 6.26 Å². The number of hydrogen-bond donors (Lipinski definition) is 2. The van der Waals surface area contributed by atoms with Crippen molar-refractivity contribution in [2.45, 2.75) is 33.7 Å². The largest absolute Gasteiger partial charge is 0.378 e. The lowest BCUT2D eigenvalue weighted by atomic mass is 10.1. The normalized spacial score (nSPS) is 14.4. The molecule has 120 valence electrons. The Bertz CT molecular complexity index is 380. The molecule has 0 aromatic heterocycles. The maximum atomic E-state index is 10.9. The van der Waals surface area contributed by atoms with Crippen LogP contribution in [0.2, 0.25) is 0 Å². The fourth-order valence-electron chi connectivity index (χ4n) is 1.24. The topological polar surface area (TPSA) is 79.8 Å². The number of nitrogens with zero attached hydrogens (tertiary/aromatic N) is 1. The van der Waals surface area contributed by atoms with Crippen molar-refractivity contribution in [2.75, 3.05) is 38.3 Å². The SMILES string of the molecule is CCNC(=NCCOCCS(C)(=O)=O)NC(C)C(C)C. The summed E-state index contributed by atoms with van der Waals surface area (Å²) in [4.78, 5) is 4.39. The zero-order valence-corrected chi connectivity index (χ0v) is 14.1. The molecule has 1 atom stereocenters. The van der Waals surface area contributed by atoms with Crippen molar-refractivity contribution in [1.29, 1.82) is 0 Å². The number of hydrogen-bond acceptors (Lipinski definition) is 4. The van der Waals surface area contributed by atoms with Crippen molar-refractivity contribution in [3.8, 4) is 0 Å². The molecule has 0 bridgehead atoms. The third-order valence-electron chi connectivity index (χ3n) is 2.81. The van der Waals surface area contributed by atoms with E-state index in [1.807, 2.05) is 6.92 Å². The van der Waals surface area contributed by atoms with Crippen LogP contribution in [0.4, 0.5) is 0 Å². The van der Waals surface area contributed by atoms with Crippen LogP contribution >= 0.6 is 0 Å². The van der Waals surface area contributed by atoms with Crippen LogP contribution in [0.25, 0.3) is 0 Å². The molecule has 0 fully saturated rings. The average Bonchev–Trinajstić information content (AvgIpc) is 2.32. The molecule has 0 aromatic rings. The molecule has 0 aromatic carbocycles. The van der Waals surface area contributed by atoms with E-state index in [1.54, 1.807) is 0 Å². The molecule has 0 rings (SSSR count). The molecule has 1 unspecified atom stereocenters. The van der Waals surface area contributed by atoms with Crippen LogP contribution in [0.15, 0.2) is 4.99 Å². The Morgan fingerprint density at radius 3 is 2.40 bits per heavy atom. The van der Waals surface area contributed by atoms with E-state index in [2.05, 4.69) is 36.4 Å². The third-order valence-corrected chi connectivity index (χ3v) is 3.72. The highest BCUT2D eigenvalue weighted by Crippen LogP contribution is 1.99. The van der Waals surface area contributed by atoms with E-state index in [-0.39, 0.29) is 12.4 Å². The van der Waals surface area contributed by atoms with Gasteiger partial charge in [0.15, 0.2) is 5.96 Å². The number of aliphatic imine (C=N–C) groups is 1. The van der Waals surface area contributed by atoms with Crippen LogP contribution in [-0.2, 0) is 14.6 Å². The highest BCUT2D eigenvalue weighted by molar-refractivity contribution is 7.90. The van der Waals surface area contributed by atoms with Crippen LogP contribution in [-0.4, -0.2) is 58.7 Å². The third kappa shape index (κ3) is 11.0. The number of sulfone groups is 1. The van der Waals surface area contributed by atoms with Crippen molar-refractivity contribution in [3.05, 3.63) is 0 Å². The van der Waals surface area contributed by atoms with Gasteiger partial charge in [0, 0.05) is 18.8 Å². The Morgan fingerprint density at radius 1 is 1.25 bits per heavy atom. The lowest BCUT2D eigenvalue weighted by Crippen LogP contribution is -2.44. The first kappa shape index (κ1) is 19.2. The fraction of sp³-hybridized carbons (Fsp3) is 0.923. The minimum atomic E-state index is -2.95. The van der Waals surface area contributed by atoms with Crippen molar-refractivity contribution >= 4 is 15.8 Å². The van der Waals surface area contributed by atoms with Crippen LogP contribution in [0, 0.1) is 5.92 Å². The van der Waals surface area contributed by atoms with Crippen molar-refractivity contribution in [1.82, 2.24) is 10.6 Å². The Balaban J connectivity index is 4.02. The molecule has 0 aliphatic carbocycles. The van der Waals surface area contributed by atoms with E-state index in [0.29, 0.717) is 25.1 Å². The van der Waals surface area contributed by atoms with Gasteiger partial charge >= 0.3 is 0 Å². The van der Waals surface area contributed by atoms with Crippen LogP contribution in [0.1, 0.15) is 27.7 Å². The number of rotatable bonds is 9. The van der Waals surface area contributed by atoms with Gasteiger partial charge in [0.05, 0.1) is 25.5 Å². The molecular formula is C13H29N3O3S. The van der Waals surface area contributed by atoms with Gasteiger partial charge in [-0.05, 0) is 19.8 Å². The second-order valence-corrected chi connectivity index (χ2v) is 7.44. The molecule has 0 heterocycles. The second-order valence-electron chi connectivity index (χ2n) is 5.18. The van der Waals surface area contributed by atoms with E-state index >= 15 is 0 Å². The summed E-state index contributed by atoms with van der Waals surface area (Å²) in [5.74, 6) is 1.34. The minimum absolute atomic E-state index is 0.0550. The van der Waals surface area contributed by atoms with E-state index in [9.17, 15) is 8.42 Å². The monoisotopic (exact) mass is 307 g/mol. The predicted molar refractivity (Wildman–Crippen MR) is 83.9 cm³/mol. The minimum Gasteiger partial charge on any atom is -0.378 e. The van der Waals surface area contributed by atoms with Gasteiger partial charge in [-0.2, -0.15) is 0 Å². The van der Waals surface area contributed by atoms with E-state index in [4.69, 9.17) is 4.74 Å². The lowest BCUT2D eigenvalue weighted by molar-refractivity contribution is 0.157. The average molecular weight is 307 g/mol. The molecule has 0 aliphatic rings. The van der Waals surface area contributed by atoms with Crippen LogP contribution < -0.4 is 10.6 Å². The van der Waals surface area contributed by atoms with Crippen molar-refractivity contribution in [3.63, 3.8) is 0 Å². The zero-order chi connectivity index (χ0) is 15.6. The van der Waals surface area contributed by atoms with Gasteiger partial charge in [-0.15, -0.1) is 0 Å². The molecule has 0 spiro atoms. The lowest BCUT2D eigenvalue weighted by Gasteiger charge is -2.20. The first-order valence-corrected chi connectivity index (χ1v) is 9.12. The summed E-state index contributed by atoms with van der Waals surface area (Å²) in [5.41, 5.74) is 0. The summed E-state index contributed by atoms with van der Waals surface area (Å²) in [6, 6.07) is 0.332. The number of guanidine groups is 1. The maximum absolute atomic E-state index is 10.9. The number of ether oxygens (including phenoxy) is 1. The van der Waals surface area contributed by atoms with Gasteiger partial charge in [0.25, 0.3) is 0 Å². The van der Waals surface area contributed by atoms with Crippen LogP contribution in [0.5, 0.6) is 0 Å². The quantitative estimate of drug-likeness (QED) is 0.371. The molecule has 2 N–H and O–H groups in total. The van der Waals surface area contributed by atoms with Crippen molar-refractivity contribution in [2.24, 2.45) is 10.9 Å². The maximum Gasteiger partial charge on any atom is 0.191 e. The van der Waals surface area contributed by atoms with Gasteiger partial charge < -0.3 is 15.4 Å². The summed E-state index contributed by atoms with van der Waals surface area (Å²) in [7, 11) is -2.95. The van der Waals surface area contributed by atoms with Gasteiger partial charge in [-0.1, -0.05) is 13.8 Å². The highest BCUT2D eigenvalue weighted by Gasteiger charge is 2.08. The summed E-state index contributed by atoms with van der Waals surface area (Å²) in [6.45, 7) is 10.4. The Morgan fingerprint density at radius 2 is 1.90 bits per heavy atom. The van der Waals surface area contributed by atoms with E-state index in [0.717, 1.165) is 12.5 Å². The second kappa shape index (κ2) is 9.99.